The zero-order valence-electron chi connectivity index (χ0n) is 15.4. The van der Waals surface area contributed by atoms with Crippen molar-refractivity contribution in [1.82, 2.24) is 25.4 Å². The molecule has 25 heavy (non-hydrogen) atoms. The Balaban J connectivity index is 1.93. The Kier molecular flexibility index (Phi) is 6.72. The number of hydrogen-bond acceptors (Lipinski definition) is 5. The van der Waals surface area contributed by atoms with Crippen LogP contribution in [0.1, 0.15) is 23.2 Å². The molecule has 2 aromatic heterocycles. The van der Waals surface area contributed by atoms with Gasteiger partial charge in [-0.3, -0.25) is 19.4 Å². The highest BCUT2D eigenvalue weighted by atomic mass is 16.5. The third-order valence-electron chi connectivity index (χ3n) is 4.28. The van der Waals surface area contributed by atoms with Gasteiger partial charge in [0.05, 0.1) is 12.0 Å². The normalized spacial score (nSPS) is 11.2. The molecule has 138 valence electrons. The van der Waals surface area contributed by atoms with Gasteiger partial charge >= 0.3 is 0 Å². The lowest BCUT2D eigenvalue weighted by Crippen LogP contribution is -2.33. The zero-order valence-corrected chi connectivity index (χ0v) is 15.4. The minimum Gasteiger partial charge on any atom is -0.383 e. The molecule has 3 N–H and O–H groups in total. The molecule has 0 aliphatic heterocycles. The number of hydrogen-bond donors (Lipinski definition) is 3. The number of amides is 1. The van der Waals surface area contributed by atoms with Crippen LogP contribution < -0.4 is 16.2 Å². The van der Waals surface area contributed by atoms with E-state index in [2.05, 4.69) is 20.7 Å². The SMILES string of the molecule is COCCNCCNC(=O)CCc1c(C)nc2c(c1C)c(=O)[nH]n2C. The first-order chi connectivity index (χ1) is 12.0. The third kappa shape index (κ3) is 4.67. The summed E-state index contributed by atoms with van der Waals surface area (Å²) in [7, 11) is 3.42. The van der Waals surface area contributed by atoms with E-state index in [-0.39, 0.29) is 11.5 Å². The van der Waals surface area contributed by atoms with Gasteiger partial charge in [-0.1, -0.05) is 0 Å². The molecular weight excluding hydrogens is 322 g/mol. The molecule has 0 aromatic carbocycles. The van der Waals surface area contributed by atoms with E-state index < -0.39 is 0 Å². The predicted molar refractivity (Wildman–Crippen MR) is 96.9 cm³/mol. The monoisotopic (exact) mass is 349 g/mol. The average molecular weight is 349 g/mol. The Morgan fingerprint density at radius 1 is 1.28 bits per heavy atom. The summed E-state index contributed by atoms with van der Waals surface area (Å²) >= 11 is 0. The summed E-state index contributed by atoms with van der Waals surface area (Å²) in [5.74, 6) is -0.00518. The van der Waals surface area contributed by atoms with Gasteiger partial charge in [-0.25, -0.2) is 4.98 Å². The molecule has 2 rings (SSSR count). The number of carbonyl (C=O) groups excluding carboxylic acids is 1. The summed E-state index contributed by atoms with van der Waals surface area (Å²) in [6, 6.07) is 0. The lowest BCUT2D eigenvalue weighted by molar-refractivity contribution is -0.121. The molecule has 8 heteroatoms. The molecule has 0 saturated carbocycles. The van der Waals surface area contributed by atoms with Gasteiger partial charge in [-0.15, -0.1) is 0 Å². The van der Waals surface area contributed by atoms with Gasteiger partial charge in [0.15, 0.2) is 5.65 Å². The Morgan fingerprint density at radius 2 is 2.04 bits per heavy atom. The number of nitrogens with zero attached hydrogens (tertiary/aromatic N) is 2. The summed E-state index contributed by atoms with van der Waals surface area (Å²) in [6.45, 7) is 6.54. The van der Waals surface area contributed by atoms with Crippen molar-refractivity contribution in [1.29, 1.82) is 0 Å². The van der Waals surface area contributed by atoms with E-state index in [1.807, 2.05) is 13.8 Å². The number of nitrogens with one attached hydrogen (secondary N) is 3. The summed E-state index contributed by atoms with van der Waals surface area (Å²) in [5.41, 5.74) is 3.23. The summed E-state index contributed by atoms with van der Waals surface area (Å²) in [5, 5.41) is 9.39. The average Bonchev–Trinajstić information content (AvgIpc) is 2.84. The van der Waals surface area contributed by atoms with Crippen LogP contribution >= 0.6 is 0 Å². The Hall–Kier alpha value is -2.19. The molecule has 0 saturated heterocycles. The maximum atomic E-state index is 12.1. The zero-order chi connectivity index (χ0) is 18.4. The highest BCUT2D eigenvalue weighted by Crippen LogP contribution is 2.20. The van der Waals surface area contributed by atoms with E-state index in [9.17, 15) is 9.59 Å². The number of aromatic amines is 1. The van der Waals surface area contributed by atoms with Crippen molar-refractivity contribution in [3.8, 4) is 0 Å². The van der Waals surface area contributed by atoms with Crippen LogP contribution in [0, 0.1) is 13.8 Å². The Morgan fingerprint density at radius 3 is 2.76 bits per heavy atom. The van der Waals surface area contributed by atoms with E-state index in [0.717, 1.165) is 23.4 Å². The van der Waals surface area contributed by atoms with Crippen LogP contribution in [0.5, 0.6) is 0 Å². The largest absolute Gasteiger partial charge is 0.383 e. The van der Waals surface area contributed by atoms with Gasteiger partial charge in [-0.05, 0) is 31.4 Å². The van der Waals surface area contributed by atoms with Crippen LogP contribution in [0.2, 0.25) is 0 Å². The maximum absolute atomic E-state index is 12.1. The maximum Gasteiger partial charge on any atom is 0.273 e. The van der Waals surface area contributed by atoms with Crippen LogP contribution in [0.15, 0.2) is 4.79 Å². The van der Waals surface area contributed by atoms with Crippen LogP contribution in [0.25, 0.3) is 11.0 Å². The minimum absolute atomic E-state index is 0.00518. The molecule has 0 fully saturated rings. The van der Waals surface area contributed by atoms with Crippen LogP contribution in [-0.2, 0) is 23.0 Å². The summed E-state index contributed by atoms with van der Waals surface area (Å²) in [4.78, 5) is 28.6. The number of aryl methyl sites for hydroxylation is 3. The second-order valence-electron chi connectivity index (χ2n) is 6.09. The second-order valence-corrected chi connectivity index (χ2v) is 6.09. The third-order valence-corrected chi connectivity index (χ3v) is 4.28. The van der Waals surface area contributed by atoms with Crippen LogP contribution in [0.4, 0.5) is 0 Å². The fourth-order valence-electron chi connectivity index (χ4n) is 2.93. The number of carbonyl (C=O) groups is 1. The first kappa shape index (κ1) is 19.1. The molecule has 0 atom stereocenters. The van der Waals surface area contributed by atoms with E-state index in [1.165, 1.54) is 0 Å². The highest BCUT2D eigenvalue weighted by Gasteiger charge is 2.15. The molecule has 2 aromatic rings. The summed E-state index contributed by atoms with van der Waals surface area (Å²) < 4.78 is 6.57. The Bertz CT molecular complexity index is 794. The van der Waals surface area contributed by atoms with Gasteiger partial charge in [0.25, 0.3) is 5.56 Å². The topological polar surface area (TPSA) is 101 Å². The van der Waals surface area contributed by atoms with E-state index >= 15 is 0 Å². The molecule has 8 nitrogen and oxygen atoms in total. The molecule has 0 bridgehead atoms. The molecule has 1 amide bonds. The number of aromatic nitrogens is 3. The van der Waals surface area contributed by atoms with Crippen molar-refractivity contribution in [2.45, 2.75) is 26.7 Å². The number of methoxy groups -OCH3 is 1. The molecule has 0 unspecified atom stereocenters. The first-order valence-corrected chi connectivity index (χ1v) is 8.46. The van der Waals surface area contributed by atoms with Crippen molar-refractivity contribution >= 4 is 16.9 Å². The van der Waals surface area contributed by atoms with E-state index in [1.54, 1.807) is 18.8 Å². The predicted octanol–water partition coefficient (Wildman–Crippen LogP) is 0.163. The van der Waals surface area contributed by atoms with Crippen molar-refractivity contribution < 1.29 is 9.53 Å². The highest BCUT2D eigenvalue weighted by molar-refractivity contribution is 5.81. The van der Waals surface area contributed by atoms with E-state index in [0.29, 0.717) is 43.6 Å². The molecule has 0 spiro atoms. The van der Waals surface area contributed by atoms with Gasteiger partial charge in [0, 0.05) is 45.9 Å². The number of H-pyrrole nitrogens is 1. The Labute approximate surface area is 146 Å². The van der Waals surface area contributed by atoms with Gasteiger partial charge in [-0.2, -0.15) is 0 Å². The lowest BCUT2D eigenvalue weighted by atomic mass is 10.0. The van der Waals surface area contributed by atoms with E-state index in [4.69, 9.17) is 4.74 Å². The smallest absolute Gasteiger partial charge is 0.273 e. The molecular formula is C17H27N5O3. The number of ether oxygens (including phenoxy) is 1. The van der Waals surface area contributed by atoms with Crippen LogP contribution in [-0.4, -0.2) is 54.0 Å². The van der Waals surface area contributed by atoms with Crippen molar-refractivity contribution in [3.63, 3.8) is 0 Å². The minimum atomic E-state index is -0.143. The number of fused-ring (bicyclic) bond motifs is 1. The lowest BCUT2D eigenvalue weighted by Gasteiger charge is -2.11. The number of rotatable bonds is 9. The molecule has 0 aliphatic rings. The van der Waals surface area contributed by atoms with Crippen molar-refractivity contribution in [2.24, 2.45) is 7.05 Å². The van der Waals surface area contributed by atoms with Gasteiger partial charge in [0.1, 0.15) is 0 Å². The molecule has 0 radical (unpaired) electrons. The second kappa shape index (κ2) is 8.77. The van der Waals surface area contributed by atoms with Crippen molar-refractivity contribution in [2.75, 3.05) is 33.4 Å². The summed E-state index contributed by atoms with van der Waals surface area (Å²) in [6.07, 6.45) is 0.940. The standard InChI is InChI=1S/C17H27N5O3/c1-11-13(5-6-14(23)19-8-7-18-9-10-25-4)12(2)20-16-15(11)17(24)21-22(16)3/h18H,5-10H2,1-4H3,(H,19,23)(H,21,24). The fraction of sp³-hybridized carbons (Fsp3) is 0.588. The van der Waals surface area contributed by atoms with Crippen molar-refractivity contribution in [3.05, 3.63) is 27.2 Å². The van der Waals surface area contributed by atoms with Crippen LogP contribution in [0.3, 0.4) is 0 Å². The van der Waals surface area contributed by atoms with Gasteiger partial charge < -0.3 is 15.4 Å². The first-order valence-electron chi connectivity index (χ1n) is 8.46. The quantitative estimate of drug-likeness (QED) is 0.560. The van der Waals surface area contributed by atoms with Gasteiger partial charge in [0.2, 0.25) is 5.91 Å². The fourth-order valence-corrected chi connectivity index (χ4v) is 2.93. The number of pyridine rings is 1. The molecule has 2 heterocycles. The molecule has 0 aliphatic carbocycles.